The molecule has 0 aromatic heterocycles. The van der Waals surface area contributed by atoms with Crippen LogP contribution in [0.5, 0.6) is 0 Å². The molecule has 11 atom stereocenters. The first-order valence-electron chi connectivity index (χ1n) is 16.7. The van der Waals surface area contributed by atoms with Crippen LogP contribution in [0.3, 0.4) is 0 Å². The van der Waals surface area contributed by atoms with Gasteiger partial charge in [0, 0.05) is 24.3 Å². The van der Waals surface area contributed by atoms with Crippen LogP contribution in [-0.4, -0.2) is 113 Å². The third kappa shape index (κ3) is 22.0. The van der Waals surface area contributed by atoms with Crippen LogP contribution in [0.15, 0.2) is 85.1 Å². The van der Waals surface area contributed by atoms with Gasteiger partial charge in [-0.3, -0.25) is 0 Å². The zero-order chi connectivity index (χ0) is 35.9. The van der Waals surface area contributed by atoms with E-state index in [2.05, 4.69) is 0 Å². The number of carbonyl (C=O) groups excluding carboxylic acids is 1. The lowest BCUT2D eigenvalue weighted by Crippen LogP contribution is -2.34. The van der Waals surface area contributed by atoms with Gasteiger partial charge in [-0.05, 0) is 44.9 Å². The Hall–Kier alpha value is -2.71. The second-order valence-electron chi connectivity index (χ2n) is 12.7. The van der Waals surface area contributed by atoms with Crippen molar-refractivity contribution in [2.75, 3.05) is 6.61 Å². The van der Waals surface area contributed by atoms with E-state index in [9.17, 15) is 50.8 Å². The molecule has 0 unspecified atom stereocenters. The zero-order valence-electron chi connectivity index (χ0n) is 28.1. The number of aliphatic hydroxyl groups excluding tert-OH is 9. The minimum Gasteiger partial charge on any atom is -0.462 e. The fourth-order valence-electron chi connectivity index (χ4n) is 5.05. The topological polar surface area (TPSA) is 208 Å². The molecule has 1 heterocycles. The molecule has 1 rings (SSSR count). The predicted octanol–water partition coefficient (Wildman–Crippen LogP) is 2.08. The van der Waals surface area contributed by atoms with E-state index in [0.717, 1.165) is 0 Å². The molecule has 272 valence electrons. The van der Waals surface area contributed by atoms with Crippen molar-refractivity contribution in [2.24, 2.45) is 11.8 Å². The van der Waals surface area contributed by atoms with Crippen LogP contribution in [0.2, 0.25) is 0 Å². The first-order chi connectivity index (χ1) is 22.8. The molecule has 0 saturated heterocycles. The summed E-state index contributed by atoms with van der Waals surface area (Å²) in [6.45, 7) is 3.56. The summed E-state index contributed by atoms with van der Waals surface area (Å²) in [4.78, 5) is 11.9. The van der Waals surface area contributed by atoms with Crippen molar-refractivity contribution in [1.29, 1.82) is 0 Å². The number of hydrogen-bond donors (Lipinski definition) is 9. The summed E-state index contributed by atoms with van der Waals surface area (Å²) < 4.78 is 5.20. The smallest absolute Gasteiger partial charge is 0.330 e. The molecule has 48 heavy (non-hydrogen) atoms. The monoisotopic (exact) mass is 678 g/mol. The van der Waals surface area contributed by atoms with E-state index in [0.29, 0.717) is 0 Å². The molecule has 0 saturated carbocycles. The van der Waals surface area contributed by atoms with E-state index < -0.39 is 66.8 Å². The van der Waals surface area contributed by atoms with Crippen LogP contribution < -0.4 is 0 Å². The van der Waals surface area contributed by atoms with Gasteiger partial charge in [0.2, 0.25) is 0 Å². The first-order valence-corrected chi connectivity index (χ1v) is 16.7. The molecule has 0 fully saturated rings. The van der Waals surface area contributed by atoms with E-state index in [1.165, 1.54) is 12.2 Å². The van der Waals surface area contributed by atoms with Gasteiger partial charge in [0.15, 0.2) is 0 Å². The van der Waals surface area contributed by atoms with Crippen molar-refractivity contribution in [3.05, 3.63) is 85.1 Å². The predicted molar refractivity (Wildman–Crippen MR) is 184 cm³/mol. The minimum absolute atomic E-state index is 0.0627. The van der Waals surface area contributed by atoms with E-state index in [1.54, 1.807) is 62.5 Å². The van der Waals surface area contributed by atoms with E-state index >= 15 is 0 Å². The van der Waals surface area contributed by atoms with E-state index in [4.69, 9.17) is 4.74 Å². The van der Waals surface area contributed by atoms with Gasteiger partial charge in [-0.25, -0.2) is 4.79 Å². The molecule has 0 aliphatic carbocycles. The number of allylic oxidation sites excluding steroid dienone is 10. The van der Waals surface area contributed by atoms with Crippen molar-refractivity contribution < 1.29 is 55.5 Å². The number of carbonyl (C=O) groups is 1. The molecule has 1 aliphatic rings. The van der Waals surface area contributed by atoms with E-state index in [1.807, 2.05) is 24.3 Å². The lowest BCUT2D eigenvalue weighted by Gasteiger charge is -2.26. The van der Waals surface area contributed by atoms with Gasteiger partial charge in [0.1, 0.15) is 0 Å². The van der Waals surface area contributed by atoms with Crippen LogP contribution in [0.4, 0.5) is 0 Å². The van der Waals surface area contributed by atoms with Gasteiger partial charge in [0.25, 0.3) is 0 Å². The van der Waals surface area contributed by atoms with Gasteiger partial charge in [0.05, 0.1) is 61.5 Å². The molecule has 0 spiro atoms. The fraction of sp³-hybridized carbons (Fsp3) is 0.595. The Bertz CT molecular complexity index is 1080. The second-order valence-corrected chi connectivity index (χ2v) is 12.7. The molecular weight excluding hydrogens is 620 g/mol. The van der Waals surface area contributed by atoms with Gasteiger partial charge < -0.3 is 50.7 Å². The van der Waals surface area contributed by atoms with Gasteiger partial charge in [-0.15, -0.1) is 0 Å². The lowest BCUT2D eigenvalue weighted by atomic mass is 9.90. The maximum absolute atomic E-state index is 11.9. The SMILES string of the molecule is C[C@H]1[C@@H](O)C\C=C/C=C\C=C/C=C\C=C/C=C\C(=O)OC[C@H](C)/C=C\[C@H](O)C[C@H](O)C[C@H](O)C[C@H](O)C[C@H](O)C[C@H](O)C[C@H](O)C[C@@H]1O. The molecule has 0 aromatic carbocycles. The molecule has 0 amide bonds. The Morgan fingerprint density at radius 3 is 1.44 bits per heavy atom. The van der Waals surface area contributed by atoms with Crippen molar-refractivity contribution in [2.45, 2.75) is 120 Å². The highest BCUT2D eigenvalue weighted by Crippen LogP contribution is 2.20. The van der Waals surface area contributed by atoms with Crippen molar-refractivity contribution in [1.82, 2.24) is 0 Å². The number of aliphatic hydroxyl groups is 9. The van der Waals surface area contributed by atoms with Gasteiger partial charge in [-0.1, -0.05) is 92.8 Å². The Morgan fingerprint density at radius 2 is 0.938 bits per heavy atom. The number of ether oxygens (including phenoxy) is 1. The maximum atomic E-state index is 11.9. The highest BCUT2D eigenvalue weighted by molar-refractivity contribution is 5.82. The highest BCUT2D eigenvalue weighted by Gasteiger charge is 2.26. The Balaban J connectivity index is 2.84. The summed E-state index contributed by atoms with van der Waals surface area (Å²) in [5.41, 5.74) is 0. The van der Waals surface area contributed by atoms with Gasteiger partial charge >= 0.3 is 5.97 Å². The average molecular weight is 679 g/mol. The largest absolute Gasteiger partial charge is 0.462 e. The van der Waals surface area contributed by atoms with Crippen LogP contribution in [0, 0.1) is 11.8 Å². The van der Waals surface area contributed by atoms with E-state index in [-0.39, 0.29) is 63.9 Å². The summed E-state index contributed by atoms with van der Waals surface area (Å²) in [5, 5.41) is 93.2. The van der Waals surface area contributed by atoms with Crippen LogP contribution in [-0.2, 0) is 9.53 Å². The number of cyclic esters (lactones) is 1. The third-order valence-electron chi connectivity index (χ3n) is 7.86. The van der Waals surface area contributed by atoms with Crippen LogP contribution >= 0.6 is 0 Å². The molecule has 11 nitrogen and oxygen atoms in total. The fourth-order valence-corrected chi connectivity index (χ4v) is 5.05. The third-order valence-corrected chi connectivity index (χ3v) is 7.86. The summed E-state index contributed by atoms with van der Waals surface area (Å²) in [5.74, 6) is -1.26. The number of hydrogen-bond acceptors (Lipinski definition) is 11. The summed E-state index contributed by atoms with van der Waals surface area (Å²) in [7, 11) is 0. The molecule has 9 N–H and O–H groups in total. The number of esters is 1. The second kappa shape index (κ2) is 25.3. The summed E-state index contributed by atoms with van der Waals surface area (Å²) in [6.07, 6.45) is 13.7. The average Bonchev–Trinajstić information content (AvgIpc) is 2.99. The molecular formula is C37H58O11. The molecule has 0 radical (unpaired) electrons. The highest BCUT2D eigenvalue weighted by atomic mass is 16.5. The Kier molecular flexibility index (Phi) is 22.8. The lowest BCUT2D eigenvalue weighted by molar-refractivity contribution is -0.138. The first kappa shape index (κ1) is 43.3. The summed E-state index contributed by atoms with van der Waals surface area (Å²) >= 11 is 0. The van der Waals surface area contributed by atoms with Crippen molar-refractivity contribution in [3.8, 4) is 0 Å². The standard InChI is InChI=1S/C37H58O11/c1-26-16-17-28(38)18-29(39)19-30(40)20-31(41)21-32(42)22-33(43)23-34(44)24-36(46)27(2)35(45)14-12-10-8-6-4-3-5-7-9-11-13-15-37(47)48-25-26/h3-13,15-17,26-36,38-46H,14,18-25H2,1-2H3/b4-3-,7-5-,8-6-,11-9-,12-10-,15-13-,17-16-/t26-,27+,28+,29+,30+,31+,32+,33+,34+,35+,36+/m1/s1. The van der Waals surface area contributed by atoms with Gasteiger partial charge in [-0.2, -0.15) is 0 Å². The molecule has 11 heteroatoms. The quantitative estimate of drug-likeness (QED) is 0.134. The molecule has 0 aromatic rings. The van der Waals surface area contributed by atoms with Crippen LogP contribution in [0.25, 0.3) is 0 Å². The summed E-state index contributed by atoms with van der Waals surface area (Å²) in [6, 6.07) is 0. The molecule has 0 bridgehead atoms. The van der Waals surface area contributed by atoms with Crippen molar-refractivity contribution in [3.63, 3.8) is 0 Å². The van der Waals surface area contributed by atoms with Crippen LogP contribution in [0.1, 0.15) is 65.2 Å². The zero-order valence-corrected chi connectivity index (χ0v) is 28.1. The maximum Gasteiger partial charge on any atom is 0.330 e. The normalized spacial score (nSPS) is 40.4. The Labute approximate surface area is 284 Å². The Morgan fingerprint density at radius 1 is 0.521 bits per heavy atom. The number of rotatable bonds is 0. The molecule has 1 aliphatic heterocycles. The van der Waals surface area contributed by atoms with Crippen molar-refractivity contribution >= 4 is 5.97 Å². The minimum atomic E-state index is -1.13.